The Hall–Kier alpha value is -1.50. The Bertz CT molecular complexity index is 1190. The second-order valence-corrected chi connectivity index (χ2v) is 16.1. The highest BCUT2D eigenvalue weighted by Crippen LogP contribution is 2.41. The lowest BCUT2D eigenvalue weighted by atomic mass is 9.73. The molecule has 6 N–H and O–H groups in total. The summed E-state index contributed by atoms with van der Waals surface area (Å²) in [6.07, 6.45) is -8.58. The molecule has 304 valence electrons. The third-order valence-corrected chi connectivity index (χ3v) is 12.2. The van der Waals surface area contributed by atoms with E-state index in [1.807, 2.05) is 27.7 Å². The lowest BCUT2D eigenvalue weighted by Gasteiger charge is -2.49. The molecular formula is C37H68N2O13. The predicted molar refractivity (Wildman–Crippen MR) is 191 cm³/mol. The van der Waals surface area contributed by atoms with Crippen molar-refractivity contribution < 1.29 is 63.6 Å². The summed E-state index contributed by atoms with van der Waals surface area (Å²) in [6.45, 7) is 17.3. The predicted octanol–water partition coefficient (Wildman–Crippen LogP) is 2.36. The van der Waals surface area contributed by atoms with Gasteiger partial charge in [-0.3, -0.25) is 4.79 Å². The Balaban J connectivity index is 2.24. The van der Waals surface area contributed by atoms with Crippen molar-refractivity contribution in [1.29, 1.82) is 0 Å². The molecule has 18 atom stereocenters. The second-order valence-electron chi connectivity index (χ2n) is 16.1. The van der Waals surface area contributed by atoms with E-state index in [1.54, 1.807) is 41.7 Å². The average molecular weight is 749 g/mol. The number of likely N-dealkylation sites (N-methyl/N-ethyl adjacent to an activating group) is 1. The van der Waals surface area contributed by atoms with Crippen molar-refractivity contribution in [2.75, 3.05) is 21.3 Å². The summed E-state index contributed by atoms with van der Waals surface area (Å²) in [7, 11) is 4.78. The molecule has 0 radical (unpaired) electrons. The normalized spacial score (nSPS) is 49.7. The third-order valence-electron chi connectivity index (χ3n) is 12.2. The van der Waals surface area contributed by atoms with Crippen molar-refractivity contribution in [1.82, 2.24) is 5.32 Å². The van der Waals surface area contributed by atoms with Gasteiger partial charge in [-0.1, -0.05) is 32.9 Å². The number of hydrogen-bond donors (Lipinski definition) is 6. The molecule has 0 bridgehead atoms. The van der Waals surface area contributed by atoms with Gasteiger partial charge in [0, 0.05) is 44.4 Å². The lowest BCUT2D eigenvalue weighted by Crippen LogP contribution is -2.61. The molecule has 0 aromatic rings. The zero-order valence-electron chi connectivity index (χ0n) is 33.4. The van der Waals surface area contributed by atoms with Crippen LogP contribution in [0.3, 0.4) is 0 Å². The van der Waals surface area contributed by atoms with Crippen LogP contribution >= 0.6 is 0 Å². The molecule has 3 fully saturated rings. The molecule has 0 aromatic carbocycles. The van der Waals surface area contributed by atoms with Gasteiger partial charge < -0.3 is 64.1 Å². The molecular weight excluding hydrogens is 680 g/mol. The van der Waals surface area contributed by atoms with Gasteiger partial charge in [-0.25, -0.2) is 0 Å². The molecule has 15 heteroatoms. The van der Waals surface area contributed by atoms with Crippen LogP contribution in [0.1, 0.15) is 94.9 Å². The summed E-state index contributed by atoms with van der Waals surface area (Å²) in [5, 5.41) is 62.7. The summed E-state index contributed by atoms with van der Waals surface area (Å²) in [5.74, 6) is -3.82. The molecule has 0 spiro atoms. The zero-order chi connectivity index (χ0) is 39.5. The monoisotopic (exact) mass is 748 g/mol. The van der Waals surface area contributed by atoms with Crippen molar-refractivity contribution in [2.24, 2.45) is 28.8 Å². The van der Waals surface area contributed by atoms with Gasteiger partial charge in [-0.15, -0.1) is 0 Å². The number of esters is 1. The quantitative estimate of drug-likeness (QED) is 0.120. The Morgan fingerprint density at radius 2 is 1.52 bits per heavy atom. The first-order valence-electron chi connectivity index (χ1n) is 18.7. The number of carbonyl (C=O) groups is 1. The summed E-state index contributed by atoms with van der Waals surface area (Å²) < 4.78 is 43.9. The summed E-state index contributed by atoms with van der Waals surface area (Å²) in [6, 6.07) is -0.333. The number of methoxy groups -OCH3 is 2. The van der Waals surface area contributed by atoms with Crippen LogP contribution in [-0.4, -0.2) is 143 Å². The fourth-order valence-electron chi connectivity index (χ4n) is 8.58. The number of aliphatic hydroxyl groups is 4. The Kier molecular flexibility index (Phi) is 15.5. The summed E-state index contributed by atoms with van der Waals surface area (Å²) in [5.41, 5.74) is -3.99. The van der Waals surface area contributed by atoms with E-state index >= 15 is 0 Å². The first-order valence-corrected chi connectivity index (χ1v) is 18.7. The molecule has 0 amide bonds. The van der Waals surface area contributed by atoms with Crippen LogP contribution in [0.5, 0.6) is 0 Å². The van der Waals surface area contributed by atoms with Gasteiger partial charge in [0.1, 0.15) is 23.9 Å². The maximum Gasteiger partial charge on any atom is 0.311 e. The number of aliphatic hydroxyl groups excluding tert-OH is 3. The smallest absolute Gasteiger partial charge is 0.311 e. The molecule has 52 heavy (non-hydrogen) atoms. The topological polar surface area (TPSA) is 207 Å². The first-order chi connectivity index (χ1) is 24.2. The van der Waals surface area contributed by atoms with Gasteiger partial charge in [-0.2, -0.15) is 0 Å². The van der Waals surface area contributed by atoms with Crippen LogP contribution < -0.4 is 5.32 Å². The van der Waals surface area contributed by atoms with E-state index < -0.39 is 102 Å². The number of hydrogen-bond acceptors (Lipinski definition) is 15. The largest absolute Gasteiger partial charge is 0.459 e. The zero-order valence-corrected chi connectivity index (χ0v) is 33.4. The van der Waals surface area contributed by atoms with E-state index in [-0.39, 0.29) is 37.1 Å². The third kappa shape index (κ3) is 9.30. The Morgan fingerprint density at radius 3 is 2.06 bits per heavy atom. The number of oxime groups is 1. The molecule has 15 nitrogen and oxygen atoms in total. The molecule has 0 aromatic heterocycles. The molecule has 0 aliphatic carbocycles. The highest BCUT2D eigenvalue weighted by atomic mass is 16.7. The SMILES string of the molecule is CC[C@H]1OC(=O)[C@H](C)[C@@H](O[C@H]2C[C@](C)(OC)[C@@H](O)C(C)O2)[C@H](C)[C@@H](O[C@@H]2OC(C)C[C@@H](NC)C2O)[C@](C)(OC)C[C@@H](C)/C(=N\O)[C@H](C)[C@@H](O)[C@]1(C)O. The van der Waals surface area contributed by atoms with Crippen molar-refractivity contribution in [3.05, 3.63) is 0 Å². The van der Waals surface area contributed by atoms with Crippen LogP contribution in [0.4, 0.5) is 0 Å². The van der Waals surface area contributed by atoms with Crippen LogP contribution in [0, 0.1) is 23.7 Å². The minimum Gasteiger partial charge on any atom is -0.459 e. The fourth-order valence-corrected chi connectivity index (χ4v) is 8.58. The number of nitrogens with one attached hydrogen (secondary N) is 1. The van der Waals surface area contributed by atoms with Crippen LogP contribution in [0.15, 0.2) is 5.16 Å². The highest BCUT2D eigenvalue weighted by molar-refractivity contribution is 5.88. The summed E-state index contributed by atoms with van der Waals surface area (Å²) in [4.78, 5) is 14.2. The molecule has 3 heterocycles. The van der Waals surface area contributed by atoms with Crippen LogP contribution in [0.25, 0.3) is 0 Å². The fraction of sp³-hybridized carbons (Fsp3) is 0.946. The number of cyclic esters (lactones) is 1. The van der Waals surface area contributed by atoms with E-state index in [2.05, 4.69) is 10.5 Å². The number of ether oxygens (including phenoxy) is 7. The minimum absolute atomic E-state index is 0.128. The summed E-state index contributed by atoms with van der Waals surface area (Å²) >= 11 is 0. The van der Waals surface area contributed by atoms with E-state index in [1.165, 1.54) is 21.1 Å². The number of nitrogens with zero attached hydrogens (tertiary/aromatic N) is 1. The molecule has 3 aliphatic rings. The molecule has 3 unspecified atom stereocenters. The van der Waals surface area contributed by atoms with Gasteiger partial charge in [0.2, 0.25) is 0 Å². The van der Waals surface area contributed by atoms with Gasteiger partial charge in [-0.05, 0) is 67.9 Å². The van der Waals surface area contributed by atoms with Crippen LogP contribution in [0.2, 0.25) is 0 Å². The maximum absolute atomic E-state index is 14.2. The molecule has 3 rings (SSSR count). The first kappa shape index (κ1) is 44.9. The molecule has 0 saturated carbocycles. The molecule has 3 aliphatic heterocycles. The van der Waals surface area contributed by atoms with Crippen LogP contribution in [-0.2, 0) is 38.0 Å². The van der Waals surface area contributed by atoms with E-state index in [4.69, 9.17) is 33.2 Å². The van der Waals surface area contributed by atoms with E-state index in [0.717, 1.165) is 0 Å². The highest BCUT2D eigenvalue weighted by Gasteiger charge is 2.53. The van der Waals surface area contributed by atoms with Gasteiger partial charge in [0.05, 0.1) is 53.4 Å². The van der Waals surface area contributed by atoms with Crippen molar-refractivity contribution in [3.63, 3.8) is 0 Å². The average Bonchev–Trinajstić information content (AvgIpc) is 3.10. The lowest BCUT2D eigenvalue weighted by molar-refractivity contribution is -0.317. The standard InChI is InChI=1S/C37H68N2O13/c1-14-25-37(10,44)30(41)20(4)27(39-45)18(2)16-36(9,47-13)32(52-34-28(40)24(38-11)15-19(3)48-34)21(5)29(22(6)33(43)50-25)51-26-17-35(8,46-12)31(42)23(7)49-26/h18-26,28-32,34,38,40-42,44-45H,14-17H2,1-13H3/b39-27+/t18-,19?,20+,21+,22-,23?,24-,25-,26+,28?,29+,30-,31+,32-,34+,35+,36-,37-/m1/s1. The number of carbonyl (C=O) groups excluding carboxylic acids is 1. The maximum atomic E-state index is 14.2. The minimum atomic E-state index is -1.94. The van der Waals surface area contributed by atoms with Gasteiger partial charge in [0.25, 0.3) is 0 Å². The molecule has 3 saturated heterocycles. The second kappa shape index (κ2) is 18.0. The Labute approximate surface area is 309 Å². The van der Waals surface area contributed by atoms with Crippen molar-refractivity contribution in [2.45, 2.75) is 179 Å². The van der Waals surface area contributed by atoms with Crippen molar-refractivity contribution >= 4 is 11.7 Å². The van der Waals surface area contributed by atoms with Gasteiger partial charge in [0.15, 0.2) is 12.6 Å². The Morgan fingerprint density at radius 1 is 0.904 bits per heavy atom. The number of rotatable bonds is 8. The van der Waals surface area contributed by atoms with E-state index in [0.29, 0.717) is 6.42 Å². The van der Waals surface area contributed by atoms with Gasteiger partial charge >= 0.3 is 5.97 Å². The van der Waals surface area contributed by atoms with E-state index in [9.17, 15) is 30.4 Å². The van der Waals surface area contributed by atoms with Crippen molar-refractivity contribution in [3.8, 4) is 0 Å².